The van der Waals surface area contributed by atoms with Crippen molar-refractivity contribution in [2.45, 2.75) is 6.92 Å². The van der Waals surface area contributed by atoms with E-state index in [4.69, 9.17) is 10.5 Å². The molecule has 4 heteroatoms. The smallest absolute Gasteiger partial charge is 0.279 e. The third kappa shape index (κ3) is 2.39. The SMILES string of the molecule is Cc1cc(C#N)cc(OOC#N)c1. The van der Waals surface area contributed by atoms with Crippen molar-refractivity contribution in [2.24, 2.45) is 0 Å². The summed E-state index contributed by atoms with van der Waals surface area (Å²) in [5.74, 6) is 0.345. The Hall–Kier alpha value is -2.20. The van der Waals surface area contributed by atoms with Crippen molar-refractivity contribution >= 4 is 0 Å². The molecule has 0 aliphatic carbocycles. The maximum absolute atomic E-state index is 8.60. The Morgan fingerprint density at radius 3 is 2.62 bits per heavy atom. The Balaban J connectivity index is 2.91. The predicted molar refractivity (Wildman–Crippen MR) is 43.2 cm³/mol. The summed E-state index contributed by atoms with van der Waals surface area (Å²) < 4.78 is 0. The van der Waals surface area contributed by atoms with Crippen LogP contribution in [-0.2, 0) is 4.89 Å². The largest absolute Gasteiger partial charge is 0.338 e. The predicted octanol–water partition coefficient (Wildman–Crippen LogP) is 1.66. The molecule has 0 radical (unpaired) electrons. The molecule has 0 bridgehead atoms. The maximum Gasteiger partial charge on any atom is 0.338 e. The zero-order valence-corrected chi connectivity index (χ0v) is 6.94. The summed E-state index contributed by atoms with van der Waals surface area (Å²) in [6.45, 7) is 1.82. The van der Waals surface area contributed by atoms with Gasteiger partial charge in [-0.15, -0.1) is 5.26 Å². The van der Waals surface area contributed by atoms with Gasteiger partial charge in [-0.2, -0.15) is 5.26 Å². The Kier molecular flexibility index (Phi) is 2.73. The Morgan fingerprint density at radius 1 is 1.23 bits per heavy atom. The van der Waals surface area contributed by atoms with E-state index in [2.05, 4.69) is 9.78 Å². The number of benzene rings is 1. The molecule has 1 aromatic rings. The first-order valence-electron chi connectivity index (χ1n) is 3.50. The highest BCUT2D eigenvalue weighted by Gasteiger charge is 1.99. The first-order chi connectivity index (χ1) is 6.26. The average molecular weight is 174 g/mol. The van der Waals surface area contributed by atoms with Gasteiger partial charge in [0, 0.05) is 6.07 Å². The Morgan fingerprint density at radius 2 is 2.00 bits per heavy atom. The molecular weight excluding hydrogens is 168 g/mol. The van der Waals surface area contributed by atoms with Crippen molar-refractivity contribution < 1.29 is 9.78 Å². The van der Waals surface area contributed by atoms with Gasteiger partial charge in [0.15, 0.2) is 5.75 Å². The Bertz CT molecular complexity index is 388. The molecule has 0 heterocycles. The second kappa shape index (κ2) is 3.99. The van der Waals surface area contributed by atoms with E-state index in [0.29, 0.717) is 11.3 Å². The van der Waals surface area contributed by atoms with Crippen LogP contribution in [0.1, 0.15) is 11.1 Å². The lowest BCUT2D eigenvalue weighted by Gasteiger charge is -2.00. The van der Waals surface area contributed by atoms with E-state index < -0.39 is 0 Å². The standard InChI is InChI=1S/C9H6N2O2/c1-7-2-8(5-10)4-9(3-7)13-12-6-11/h2-4H,1H3. The van der Waals surface area contributed by atoms with Gasteiger partial charge in [-0.1, -0.05) is 0 Å². The minimum Gasteiger partial charge on any atom is -0.279 e. The number of rotatable bonds is 2. The average Bonchev–Trinajstić information content (AvgIpc) is 2.14. The molecule has 13 heavy (non-hydrogen) atoms. The van der Waals surface area contributed by atoms with Gasteiger partial charge >= 0.3 is 6.26 Å². The molecular formula is C9H6N2O2. The normalized spacial score (nSPS) is 8.23. The molecule has 0 saturated carbocycles. The van der Waals surface area contributed by atoms with Crippen LogP contribution < -0.4 is 4.89 Å². The molecule has 64 valence electrons. The fourth-order valence-corrected chi connectivity index (χ4v) is 0.927. The molecule has 0 atom stereocenters. The molecule has 0 unspecified atom stereocenters. The molecule has 1 aromatic carbocycles. The molecule has 0 aromatic heterocycles. The fraction of sp³-hybridized carbons (Fsp3) is 0.111. The molecule has 0 spiro atoms. The summed E-state index contributed by atoms with van der Waals surface area (Å²) in [5.41, 5.74) is 1.34. The van der Waals surface area contributed by atoms with E-state index in [1.54, 1.807) is 12.1 Å². The van der Waals surface area contributed by atoms with Gasteiger partial charge < -0.3 is 0 Å². The molecule has 0 aliphatic rings. The monoisotopic (exact) mass is 174 g/mol. The number of hydrogen-bond acceptors (Lipinski definition) is 4. The zero-order valence-electron chi connectivity index (χ0n) is 6.94. The minimum absolute atomic E-state index is 0.345. The molecule has 0 amide bonds. The quantitative estimate of drug-likeness (QED) is 0.388. The highest BCUT2D eigenvalue weighted by Crippen LogP contribution is 2.16. The first-order valence-corrected chi connectivity index (χ1v) is 3.50. The molecule has 1 rings (SSSR count). The Labute approximate surface area is 75.5 Å². The number of aryl methyl sites for hydroxylation is 1. The van der Waals surface area contributed by atoms with Crippen molar-refractivity contribution in [3.05, 3.63) is 29.3 Å². The van der Waals surface area contributed by atoms with Gasteiger partial charge in [0.2, 0.25) is 0 Å². The zero-order chi connectivity index (χ0) is 9.68. The van der Waals surface area contributed by atoms with E-state index >= 15 is 0 Å². The molecule has 0 saturated heterocycles. The topological polar surface area (TPSA) is 66.0 Å². The van der Waals surface area contributed by atoms with Gasteiger partial charge in [0.25, 0.3) is 0 Å². The fourth-order valence-electron chi connectivity index (χ4n) is 0.927. The summed E-state index contributed by atoms with van der Waals surface area (Å²) in [6, 6.07) is 6.83. The van der Waals surface area contributed by atoms with Crippen LogP contribution in [0.15, 0.2) is 18.2 Å². The van der Waals surface area contributed by atoms with Crippen LogP contribution in [-0.4, -0.2) is 0 Å². The van der Waals surface area contributed by atoms with E-state index in [0.717, 1.165) is 5.56 Å². The number of hydrogen-bond donors (Lipinski definition) is 0. The van der Waals surface area contributed by atoms with Crippen LogP contribution in [0.25, 0.3) is 0 Å². The van der Waals surface area contributed by atoms with Crippen molar-refractivity contribution in [3.63, 3.8) is 0 Å². The van der Waals surface area contributed by atoms with Crippen molar-refractivity contribution in [3.8, 4) is 18.1 Å². The van der Waals surface area contributed by atoms with Crippen molar-refractivity contribution in [2.75, 3.05) is 0 Å². The lowest BCUT2D eigenvalue weighted by Crippen LogP contribution is -1.91. The third-order valence-electron chi connectivity index (χ3n) is 1.36. The van der Waals surface area contributed by atoms with Gasteiger partial charge in [-0.25, -0.2) is 4.89 Å². The molecule has 0 N–H and O–H groups in total. The first kappa shape index (κ1) is 8.89. The van der Waals surface area contributed by atoms with Crippen LogP contribution in [0.3, 0.4) is 0 Å². The van der Waals surface area contributed by atoms with Crippen LogP contribution in [0.5, 0.6) is 5.75 Å². The van der Waals surface area contributed by atoms with Gasteiger partial charge in [-0.05, 0) is 24.6 Å². The van der Waals surface area contributed by atoms with Gasteiger partial charge in [0.05, 0.1) is 11.6 Å². The van der Waals surface area contributed by atoms with Crippen LogP contribution in [0.2, 0.25) is 0 Å². The van der Waals surface area contributed by atoms with Crippen LogP contribution >= 0.6 is 0 Å². The molecule has 0 fully saturated rings. The molecule has 0 aliphatic heterocycles. The van der Waals surface area contributed by atoms with Crippen molar-refractivity contribution in [1.29, 1.82) is 10.5 Å². The molecule has 4 nitrogen and oxygen atoms in total. The third-order valence-corrected chi connectivity index (χ3v) is 1.36. The second-order valence-corrected chi connectivity index (χ2v) is 2.40. The summed E-state index contributed by atoms with van der Waals surface area (Å²) >= 11 is 0. The lowest BCUT2D eigenvalue weighted by atomic mass is 10.1. The summed E-state index contributed by atoms with van der Waals surface area (Å²) in [7, 11) is 0. The highest BCUT2D eigenvalue weighted by molar-refractivity contribution is 5.39. The number of nitriles is 2. The number of nitrogens with zero attached hydrogens (tertiary/aromatic N) is 2. The minimum atomic E-state index is 0.345. The lowest BCUT2D eigenvalue weighted by molar-refractivity contribution is -0.136. The van der Waals surface area contributed by atoms with E-state index in [9.17, 15) is 0 Å². The van der Waals surface area contributed by atoms with Crippen LogP contribution in [0.4, 0.5) is 0 Å². The summed E-state index contributed by atoms with van der Waals surface area (Å²) in [5, 5.41) is 16.7. The maximum atomic E-state index is 8.60. The van der Waals surface area contributed by atoms with E-state index in [-0.39, 0.29) is 0 Å². The second-order valence-electron chi connectivity index (χ2n) is 2.40. The summed E-state index contributed by atoms with van der Waals surface area (Å²) in [6.07, 6.45) is 1.37. The van der Waals surface area contributed by atoms with E-state index in [1.165, 1.54) is 12.3 Å². The summed E-state index contributed by atoms with van der Waals surface area (Å²) in [4.78, 5) is 8.64. The van der Waals surface area contributed by atoms with Crippen LogP contribution in [0, 0.1) is 29.8 Å². The van der Waals surface area contributed by atoms with E-state index in [1.807, 2.05) is 13.0 Å². The van der Waals surface area contributed by atoms with Gasteiger partial charge in [-0.3, -0.25) is 4.89 Å². The highest BCUT2D eigenvalue weighted by atomic mass is 17.2. The van der Waals surface area contributed by atoms with Crippen molar-refractivity contribution in [1.82, 2.24) is 0 Å². The van der Waals surface area contributed by atoms with Gasteiger partial charge in [0.1, 0.15) is 0 Å².